The topological polar surface area (TPSA) is 41.6 Å². The average Bonchev–Trinajstić information content (AvgIpc) is 2.47. The summed E-state index contributed by atoms with van der Waals surface area (Å²) in [5.41, 5.74) is 0.495. The van der Waals surface area contributed by atoms with Gasteiger partial charge >= 0.3 is 6.61 Å². The monoisotopic (exact) mass is 320 g/mol. The molecular formula is C14H19ClF2N2O2. The zero-order valence-electron chi connectivity index (χ0n) is 11.7. The number of halogens is 3. The molecule has 2 rings (SSSR count). The maximum Gasteiger partial charge on any atom is 0.387 e. The van der Waals surface area contributed by atoms with Crippen LogP contribution in [0.25, 0.3) is 0 Å². The zero-order chi connectivity index (χ0) is 14.5. The average molecular weight is 321 g/mol. The van der Waals surface area contributed by atoms with Crippen LogP contribution in [0.5, 0.6) is 5.75 Å². The molecule has 1 amide bonds. The standard InChI is InChI=1S/C14H18F2N2O2.ClH/c1-17-11-6-8-18(9-7-11)13(19)10-2-4-12(5-3-10)20-14(15)16;/h2-5,11,14,17H,6-9H2,1H3;1H. The predicted molar refractivity (Wildman–Crippen MR) is 78.3 cm³/mol. The predicted octanol–water partition coefficient (Wildman–Crippen LogP) is 2.53. The first kappa shape index (κ1) is 17.7. The summed E-state index contributed by atoms with van der Waals surface area (Å²) in [5.74, 6) is -0.00593. The molecule has 1 N–H and O–H groups in total. The van der Waals surface area contributed by atoms with E-state index in [1.165, 1.54) is 24.3 Å². The molecule has 0 aliphatic carbocycles. The number of hydrogen-bond donors (Lipinski definition) is 1. The Morgan fingerprint density at radius 2 is 1.86 bits per heavy atom. The molecule has 0 aromatic heterocycles. The lowest BCUT2D eigenvalue weighted by molar-refractivity contribution is -0.0498. The second-order valence-corrected chi connectivity index (χ2v) is 4.76. The van der Waals surface area contributed by atoms with Gasteiger partial charge in [-0.25, -0.2) is 0 Å². The minimum Gasteiger partial charge on any atom is -0.435 e. The molecule has 0 unspecified atom stereocenters. The summed E-state index contributed by atoms with van der Waals surface area (Å²) in [7, 11) is 1.92. The lowest BCUT2D eigenvalue weighted by Gasteiger charge is -2.31. The van der Waals surface area contributed by atoms with Crippen LogP contribution < -0.4 is 10.1 Å². The maximum absolute atomic E-state index is 12.2. The number of benzene rings is 1. The van der Waals surface area contributed by atoms with E-state index in [0.29, 0.717) is 24.7 Å². The van der Waals surface area contributed by atoms with Crippen LogP contribution in [0.3, 0.4) is 0 Å². The van der Waals surface area contributed by atoms with Gasteiger partial charge in [0.15, 0.2) is 0 Å². The summed E-state index contributed by atoms with van der Waals surface area (Å²) in [6, 6.07) is 6.27. The van der Waals surface area contributed by atoms with E-state index < -0.39 is 6.61 Å². The van der Waals surface area contributed by atoms with Gasteiger partial charge in [0.05, 0.1) is 0 Å². The van der Waals surface area contributed by atoms with Crippen molar-refractivity contribution in [2.75, 3.05) is 20.1 Å². The largest absolute Gasteiger partial charge is 0.435 e. The van der Waals surface area contributed by atoms with Gasteiger partial charge in [-0.1, -0.05) is 0 Å². The minimum atomic E-state index is -2.85. The third kappa shape index (κ3) is 4.82. The molecule has 1 aliphatic heterocycles. The van der Waals surface area contributed by atoms with E-state index in [1.54, 1.807) is 4.90 Å². The molecule has 0 spiro atoms. The van der Waals surface area contributed by atoms with Crippen molar-refractivity contribution in [3.8, 4) is 5.75 Å². The molecule has 1 saturated heterocycles. The number of amides is 1. The highest BCUT2D eigenvalue weighted by molar-refractivity contribution is 5.94. The number of nitrogens with zero attached hydrogens (tertiary/aromatic N) is 1. The highest BCUT2D eigenvalue weighted by Crippen LogP contribution is 2.18. The molecule has 1 aromatic carbocycles. The van der Waals surface area contributed by atoms with Crippen LogP contribution in [-0.2, 0) is 0 Å². The fourth-order valence-electron chi connectivity index (χ4n) is 2.33. The van der Waals surface area contributed by atoms with Crippen molar-refractivity contribution in [2.24, 2.45) is 0 Å². The molecule has 1 aromatic rings. The number of nitrogens with one attached hydrogen (secondary N) is 1. The van der Waals surface area contributed by atoms with Gasteiger partial charge in [-0.2, -0.15) is 8.78 Å². The van der Waals surface area contributed by atoms with Gasteiger partial charge in [-0.05, 0) is 44.2 Å². The Kier molecular flexibility index (Phi) is 6.84. The van der Waals surface area contributed by atoms with Crippen LogP contribution in [0.1, 0.15) is 23.2 Å². The van der Waals surface area contributed by atoms with Gasteiger partial charge in [0.2, 0.25) is 0 Å². The summed E-state index contributed by atoms with van der Waals surface area (Å²) in [6.45, 7) is -1.43. The number of piperidine rings is 1. The Hall–Kier alpha value is -1.40. The van der Waals surface area contributed by atoms with Crippen molar-refractivity contribution in [1.29, 1.82) is 0 Å². The van der Waals surface area contributed by atoms with Crippen LogP contribution in [0, 0.1) is 0 Å². The number of likely N-dealkylation sites (tertiary alicyclic amines) is 1. The number of rotatable bonds is 4. The van der Waals surface area contributed by atoms with Crippen molar-refractivity contribution in [1.82, 2.24) is 10.2 Å². The number of hydrogen-bond acceptors (Lipinski definition) is 3. The highest BCUT2D eigenvalue weighted by atomic mass is 35.5. The molecule has 1 heterocycles. The first-order chi connectivity index (χ1) is 9.60. The molecular weight excluding hydrogens is 302 g/mol. The summed E-state index contributed by atoms with van der Waals surface area (Å²) in [6.07, 6.45) is 1.85. The van der Waals surface area contributed by atoms with Crippen molar-refractivity contribution < 1.29 is 18.3 Å². The van der Waals surface area contributed by atoms with E-state index in [0.717, 1.165) is 12.8 Å². The van der Waals surface area contributed by atoms with E-state index in [2.05, 4.69) is 10.1 Å². The number of ether oxygens (including phenoxy) is 1. The summed E-state index contributed by atoms with van der Waals surface area (Å²) in [5, 5.41) is 3.20. The van der Waals surface area contributed by atoms with Gasteiger partial charge in [0, 0.05) is 24.7 Å². The lowest BCUT2D eigenvalue weighted by Crippen LogP contribution is -2.43. The number of carbonyl (C=O) groups excluding carboxylic acids is 1. The summed E-state index contributed by atoms with van der Waals surface area (Å²) in [4.78, 5) is 14.0. The van der Waals surface area contributed by atoms with E-state index in [4.69, 9.17) is 0 Å². The number of carbonyl (C=O) groups is 1. The molecule has 1 aliphatic rings. The van der Waals surface area contributed by atoms with Crippen LogP contribution >= 0.6 is 12.4 Å². The quantitative estimate of drug-likeness (QED) is 0.927. The zero-order valence-corrected chi connectivity index (χ0v) is 12.5. The van der Waals surface area contributed by atoms with Crippen molar-refractivity contribution in [3.05, 3.63) is 29.8 Å². The Labute approximate surface area is 128 Å². The normalized spacial score (nSPS) is 15.7. The second kappa shape index (κ2) is 8.14. The molecule has 0 saturated carbocycles. The van der Waals surface area contributed by atoms with Gasteiger partial charge in [0.25, 0.3) is 5.91 Å². The van der Waals surface area contributed by atoms with Crippen molar-refractivity contribution >= 4 is 18.3 Å². The molecule has 4 nitrogen and oxygen atoms in total. The number of alkyl halides is 2. The Balaban J connectivity index is 0.00000220. The maximum atomic E-state index is 12.2. The first-order valence-corrected chi connectivity index (χ1v) is 6.61. The van der Waals surface area contributed by atoms with Gasteiger partial charge in [-0.3, -0.25) is 4.79 Å². The smallest absolute Gasteiger partial charge is 0.387 e. The molecule has 0 radical (unpaired) electrons. The highest BCUT2D eigenvalue weighted by Gasteiger charge is 2.22. The summed E-state index contributed by atoms with van der Waals surface area (Å²) < 4.78 is 28.3. The lowest BCUT2D eigenvalue weighted by atomic mass is 10.0. The van der Waals surface area contributed by atoms with Gasteiger partial charge < -0.3 is 15.0 Å². The molecule has 118 valence electrons. The fourth-order valence-corrected chi connectivity index (χ4v) is 2.33. The van der Waals surface area contributed by atoms with Gasteiger partial charge in [-0.15, -0.1) is 12.4 Å². The SMILES string of the molecule is CNC1CCN(C(=O)c2ccc(OC(F)F)cc2)CC1.Cl. The summed E-state index contributed by atoms with van der Waals surface area (Å²) >= 11 is 0. The van der Waals surface area contributed by atoms with E-state index >= 15 is 0 Å². The Morgan fingerprint density at radius 3 is 2.33 bits per heavy atom. The van der Waals surface area contributed by atoms with E-state index in [-0.39, 0.29) is 24.1 Å². The Bertz CT molecular complexity index is 449. The fraction of sp³-hybridized carbons (Fsp3) is 0.500. The molecule has 1 fully saturated rings. The van der Waals surface area contributed by atoms with Crippen molar-refractivity contribution in [2.45, 2.75) is 25.5 Å². The van der Waals surface area contributed by atoms with Crippen molar-refractivity contribution in [3.63, 3.8) is 0 Å². The van der Waals surface area contributed by atoms with Crippen LogP contribution in [0.2, 0.25) is 0 Å². The molecule has 21 heavy (non-hydrogen) atoms. The second-order valence-electron chi connectivity index (χ2n) is 4.76. The minimum absolute atomic E-state index is 0. The van der Waals surface area contributed by atoms with Crippen LogP contribution in [-0.4, -0.2) is 43.6 Å². The Morgan fingerprint density at radius 1 is 1.29 bits per heavy atom. The van der Waals surface area contributed by atoms with Crippen LogP contribution in [0.15, 0.2) is 24.3 Å². The molecule has 0 atom stereocenters. The third-order valence-corrected chi connectivity index (χ3v) is 3.52. The molecule has 7 heteroatoms. The third-order valence-electron chi connectivity index (χ3n) is 3.52. The first-order valence-electron chi connectivity index (χ1n) is 6.61. The van der Waals surface area contributed by atoms with E-state index in [1.807, 2.05) is 7.05 Å². The van der Waals surface area contributed by atoms with Crippen LogP contribution in [0.4, 0.5) is 8.78 Å². The van der Waals surface area contributed by atoms with Gasteiger partial charge in [0.1, 0.15) is 5.75 Å². The van der Waals surface area contributed by atoms with E-state index in [9.17, 15) is 13.6 Å². The molecule has 0 bridgehead atoms.